The molecule has 3 aromatic rings. The van der Waals surface area contributed by atoms with Gasteiger partial charge in [0, 0.05) is 5.56 Å². The highest BCUT2D eigenvalue weighted by Gasteiger charge is 2.52. The molecule has 2 aromatic carbocycles. The lowest BCUT2D eigenvalue weighted by atomic mass is 9.94. The molecule has 0 unspecified atom stereocenters. The molecule has 1 aromatic heterocycles. The maximum absolute atomic E-state index is 13.3. The minimum Gasteiger partial charge on any atom is -0.496 e. The van der Waals surface area contributed by atoms with Crippen molar-refractivity contribution < 1.29 is 38.1 Å². The summed E-state index contributed by atoms with van der Waals surface area (Å²) < 4.78 is 40.9. The van der Waals surface area contributed by atoms with E-state index in [0.717, 1.165) is 0 Å². The Morgan fingerprint density at radius 1 is 1.09 bits per heavy atom. The van der Waals surface area contributed by atoms with Crippen molar-refractivity contribution in [3.8, 4) is 28.5 Å². The van der Waals surface area contributed by atoms with Crippen molar-refractivity contribution in [3.05, 3.63) is 65.7 Å². The number of hydrogen-bond donors (Lipinski definition) is 1. The van der Waals surface area contributed by atoms with E-state index in [1.165, 1.54) is 19.2 Å². The topological polar surface area (TPSA) is 118 Å². The number of hydrogen-bond acceptors (Lipinski definition) is 6. The number of aldehydes is 1. The molecule has 1 aliphatic heterocycles. The Labute approximate surface area is 192 Å². The Morgan fingerprint density at radius 3 is 2.56 bits per heavy atom. The fourth-order valence-corrected chi connectivity index (χ4v) is 3.89. The van der Waals surface area contributed by atoms with Crippen LogP contribution in [-0.2, 0) is 10.2 Å². The number of carbonyl (C=O) groups is 2. The molecule has 2 aliphatic rings. The molecule has 0 spiro atoms. The maximum Gasteiger partial charge on any atom is 0.586 e. The number of anilines is 1. The predicted octanol–water partition coefficient (Wildman–Crippen LogP) is 3.74. The Bertz CT molecular complexity index is 1280. The number of rotatable bonds is 6. The van der Waals surface area contributed by atoms with Crippen LogP contribution in [0.1, 0.15) is 28.8 Å². The zero-order chi connectivity index (χ0) is 23.2. The summed E-state index contributed by atoms with van der Waals surface area (Å²) in [6.07, 6.45) is -1.87. The Morgan fingerprint density at radius 2 is 1.85 bits per heavy atom. The van der Waals surface area contributed by atoms with E-state index in [1.807, 2.05) is 0 Å². The van der Waals surface area contributed by atoms with Gasteiger partial charge in [-0.1, -0.05) is 18.2 Å². The number of fused-ring (bicyclic) bond motifs is 1. The first-order valence-corrected chi connectivity index (χ1v) is 10.2. The number of aromatic nitrogens is 1. The molecule has 2 heterocycles. The fourth-order valence-electron chi connectivity index (χ4n) is 3.89. The van der Waals surface area contributed by atoms with E-state index in [0.29, 0.717) is 53.1 Å². The lowest BCUT2D eigenvalue weighted by molar-refractivity contribution is -0.286. The first-order chi connectivity index (χ1) is 15.8. The molecular weight excluding hydrogens is 450 g/mol. The Kier molecular flexibility index (Phi) is 5.70. The molecule has 1 fully saturated rings. The number of benzene rings is 2. The van der Waals surface area contributed by atoms with Gasteiger partial charge in [-0.2, -0.15) is 0 Å². The second kappa shape index (κ2) is 8.38. The quantitative estimate of drug-likeness (QED) is 0.549. The number of amides is 1. The molecule has 1 saturated carbocycles. The van der Waals surface area contributed by atoms with Gasteiger partial charge < -0.3 is 25.0 Å². The molecule has 10 heteroatoms. The van der Waals surface area contributed by atoms with Crippen molar-refractivity contribution in [1.29, 1.82) is 0 Å². The summed E-state index contributed by atoms with van der Waals surface area (Å²) in [7, 11) is 1.47. The summed E-state index contributed by atoms with van der Waals surface area (Å²) in [5.41, 5.74) is 1.45. The number of nitrogens with one attached hydrogen (secondary N) is 1. The van der Waals surface area contributed by atoms with Crippen LogP contribution < -0.4 is 19.5 Å². The standard InChI is InChI=1S/C24H18F2N2O5.H2O/c1-31-19-11-14(5-6-15(19)13-29)17-3-2-4-21(27-17)28-22(30)23(9-10-23)16-7-8-18-20(12-16)33-24(25,26)32-18;/h2-8,11-13H,9-10H2,1H3,(H,27,28,30);1H2. The number of halogens is 2. The lowest BCUT2D eigenvalue weighted by Crippen LogP contribution is -2.28. The SMILES string of the molecule is COc1cc(-c2cccc(NC(=O)C3(c4ccc5c(c4)OC(F)(F)O5)CC3)n2)ccc1C=O.O. The molecule has 0 bridgehead atoms. The van der Waals surface area contributed by atoms with Crippen molar-refractivity contribution in [3.63, 3.8) is 0 Å². The highest BCUT2D eigenvalue weighted by Crippen LogP contribution is 2.52. The van der Waals surface area contributed by atoms with Crippen LogP contribution >= 0.6 is 0 Å². The normalized spacial score (nSPS) is 16.2. The first-order valence-electron chi connectivity index (χ1n) is 10.2. The number of alkyl halides is 2. The van der Waals surface area contributed by atoms with E-state index in [1.54, 1.807) is 42.5 Å². The average Bonchev–Trinajstić information content (AvgIpc) is 3.56. The van der Waals surface area contributed by atoms with Crippen LogP contribution in [0, 0.1) is 0 Å². The monoisotopic (exact) mass is 470 g/mol. The van der Waals surface area contributed by atoms with Gasteiger partial charge in [0.15, 0.2) is 17.8 Å². The third-order valence-corrected chi connectivity index (χ3v) is 5.79. The molecule has 5 rings (SSSR count). The van der Waals surface area contributed by atoms with Gasteiger partial charge in [-0.3, -0.25) is 9.59 Å². The average molecular weight is 470 g/mol. The summed E-state index contributed by atoms with van der Waals surface area (Å²) in [6.45, 7) is 0. The molecule has 1 amide bonds. The van der Waals surface area contributed by atoms with E-state index in [-0.39, 0.29) is 22.9 Å². The summed E-state index contributed by atoms with van der Waals surface area (Å²) in [6, 6.07) is 14.7. The van der Waals surface area contributed by atoms with Crippen LogP contribution in [-0.4, -0.2) is 36.1 Å². The molecule has 3 N–H and O–H groups in total. The summed E-state index contributed by atoms with van der Waals surface area (Å²) >= 11 is 0. The molecule has 0 radical (unpaired) electrons. The number of nitrogens with zero attached hydrogens (tertiary/aromatic N) is 1. The second-order valence-electron chi connectivity index (χ2n) is 7.85. The van der Waals surface area contributed by atoms with E-state index in [9.17, 15) is 18.4 Å². The van der Waals surface area contributed by atoms with Crippen molar-refractivity contribution in [2.75, 3.05) is 12.4 Å². The smallest absolute Gasteiger partial charge is 0.496 e. The highest BCUT2D eigenvalue weighted by molar-refractivity contribution is 6.01. The van der Waals surface area contributed by atoms with Crippen LogP contribution in [0.3, 0.4) is 0 Å². The number of pyridine rings is 1. The first kappa shape index (κ1) is 23.1. The Balaban J connectivity index is 0.00000274. The van der Waals surface area contributed by atoms with Crippen LogP contribution in [0.25, 0.3) is 11.3 Å². The highest BCUT2D eigenvalue weighted by atomic mass is 19.3. The maximum atomic E-state index is 13.3. The van der Waals surface area contributed by atoms with Gasteiger partial charge in [0.05, 0.1) is 23.8 Å². The predicted molar refractivity (Wildman–Crippen MR) is 117 cm³/mol. The minimum absolute atomic E-state index is 0. The summed E-state index contributed by atoms with van der Waals surface area (Å²) in [5, 5.41) is 2.83. The molecule has 1 aliphatic carbocycles. The molecule has 8 nitrogen and oxygen atoms in total. The summed E-state index contributed by atoms with van der Waals surface area (Å²) in [4.78, 5) is 28.8. The lowest BCUT2D eigenvalue weighted by Gasteiger charge is -2.16. The zero-order valence-corrected chi connectivity index (χ0v) is 17.9. The van der Waals surface area contributed by atoms with Gasteiger partial charge in [-0.25, -0.2) is 4.98 Å². The van der Waals surface area contributed by atoms with Crippen molar-refractivity contribution in [1.82, 2.24) is 4.98 Å². The largest absolute Gasteiger partial charge is 0.586 e. The van der Waals surface area contributed by atoms with Crippen LogP contribution in [0.2, 0.25) is 0 Å². The third-order valence-electron chi connectivity index (χ3n) is 5.79. The molecule has 0 atom stereocenters. The van der Waals surface area contributed by atoms with E-state index in [2.05, 4.69) is 19.8 Å². The number of methoxy groups -OCH3 is 1. The fraction of sp³-hybridized carbons (Fsp3) is 0.208. The van der Waals surface area contributed by atoms with Gasteiger partial charge in [0.2, 0.25) is 5.91 Å². The van der Waals surface area contributed by atoms with Gasteiger partial charge in [0.1, 0.15) is 11.6 Å². The van der Waals surface area contributed by atoms with Gasteiger partial charge >= 0.3 is 6.29 Å². The minimum atomic E-state index is -3.71. The number of ether oxygens (including phenoxy) is 3. The van der Waals surface area contributed by atoms with Gasteiger partial charge in [-0.15, -0.1) is 8.78 Å². The van der Waals surface area contributed by atoms with Gasteiger partial charge in [-0.05, 0) is 54.8 Å². The summed E-state index contributed by atoms with van der Waals surface area (Å²) in [5.74, 6) is 0.319. The van der Waals surface area contributed by atoms with Gasteiger partial charge in [0.25, 0.3) is 0 Å². The molecule has 34 heavy (non-hydrogen) atoms. The Hall–Kier alpha value is -4.05. The molecular formula is C24H20F2N2O6. The van der Waals surface area contributed by atoms with E-state index < -0.39 is 11.7 Å². The van der Waals surface area contributed by atoms with Crippen molar-refractivity contribution in [2.24, 2.45) is 0 Å². The van der Waals surface area contributed by atoms with Crippen LogP contribution in [0.5, 0.6) is 17.2 Å². The zero-order valence-electron chi connectivity index (χ0n) is 17.9. The number of carbonyl (C=O) groups excluding carboxylic acids is 2. The van der Waals surface area contributed by atoms with Crippen LogP contribution in [0.4, 0.5) is 14.6 Å². The molecule has 176 valence electrons. The van der Waals surface area contributed by atoms with E-state index >= 15 is 0 Å². The molecule has 0 saturated heterocycles. The van der Waals surface area contributed by atoms with Crippen molar-refractivity contribution >= 4 is 18.0 Å². The van der Waals surface area contributed by atoms with Crippen LogP contribution in [0.15, 0.2) is 54.6 Å². The second-order valence-corrected chi connectivity index (χ2v) is 7.85. The van der Waals surface area contributed by atoms with E-state index in [4.69, 9.17) is 4.74 Å². The third kappa shape index (κ3) is 4.03. The van der Waals surface area contributed by atoms with Crippen molar-refractivity contribution in [2.45, 2.75) is 24.6 Å².